The normalized spacial score (nSPS) is 21.3. The molecule has 0 unspecified atom stereocenters. The summed E-state index contributed by atoms with van der Waals surface area (Å²) < 4.78 is 5.64. The molecule has 24 heavy (non-hydrogen) atoms. The average Bonchev–Trinajstić information content (AvgIpc) is 2.49. The number of nitrogens with zero attached hydrogens (tertiary/aromatic N) is 1. The van der Waals surface area contributed by atoms with Crippen molar-refractivity contribution in [3.8, 4) is 0 Å². The Balaban J connectivity index is 1.77. The number of benzene rings is 1. The van der Waals surface area contributed by atoms with Gasteiger partial charge in [0.05, 0.1) is 25.3 Å². The molecule has 0 saturated carbocycles. The molecule has 0 aromatic heterocycles. The van der Waals surface area contributed by atoms with Crippen LogP contribution in [0.3, 0.4) is 0 Å². The third-order valence-corrected chi connectivity index (χ3v) is 4.26. The number of nitrogens with one attached hydrogen (secondary N) is 2. The van der Waals surface area contributed by atoms with Gasteiger partial charge in [-0.25, -0.2) is 0 Å². The maximum atomic E-state index is 12.0. The van der Waals surface area contributed by atoms with E-state index in [0.717, 1.165) is 5.56 Å². The van der Waals surface area contributed by atoms with Gasteiger partial charge in [0.2, 0.25) is 11.8 Å². The van der Waals surface area contributed by atoms with Gasteiger partial charge >= 0.3 is 0 Å². The van der Waals surface area contributed by atoms with Crippen molar-refractivity contribution in [3.63, 3.8) is 0 Å². The van der Waals surface area contributed by atoms with Gasteiger partial charge in [-0.2, -0.15) is 0 Å². The number of morpholine rings is 1. The van der Waals surface area contributed by atoms with Crippen LogP contribution < -0.4 is 10.6 Å². The Kier molecular flexibility index (Phi) is 6.60. The Labute approximate surface area is 147 Å². The van der Waals surface area contributed by atoms with E-state index >= 15 is 0 Å². The van der Waals surface area contributed by atoms with Gasteiger partial charge in [0.15, 0.2) is 0 Å². The fourth-order valence-electron chi connectivity index (χ4n) is 2.79. The number of rotatable bonds is 5. The molecular formula is C17H24ClN3O3. The van der Waals surface area contributed by atoms with Crippen molar-refractivity contribution in [1.82, 2.24) is 10.2 Å². The summed E-state index contributed by atoms with van der Waals surface area (Å²) in [4.78, 5) is 26.0. The van der Waals surface area contributed by atoms with E-state index in [9.17, 15) is 9.59 Å². The van der Waals surface area contributed by atoms with Gasteiger partial charge in [-0.3, -0.25) is 14.5 Å². The van der Waals surface area contributed by atoms with E-state index < -0.39 is 0 Å². The summed E-state index contributed by atoms with van der Waals surface area (Å²) in [5.74, 6) is -0.452. The topological polar surface area (TPSA) is 70.7 Å². The molecular weight excluding hydrogens is 330 g/mol. The van der Waals surface area contributed by atoms with Crippen molar-refractivity contribution in [3.05, 3.63) is 28.8 Å². The first kappa shape index (κ1) is 18.7. The summed E-state index contributed by atoms with van der Waals surface area (Å²) in [6.45, 7) is 7.43. The molecule has 0 aliphatic carbocycles. The third-order valence-electron chi connectivity index (χ3n) is 3.85. The highest BCUT2D eigenvalue weighted by Crippen LogP contribution is 2.22. The monoisotopic (exact) mass is 353 g/mol. The largest absolute Gasteiger partial charge is 0.373 e. The Morgan fingerprint density at radius 3 is 2.58 bits per heavy atom. The number of halogens is 1. The zero-order valence-corrected chi connectivity index (χ0v) is 15.0. The molecule has 7 heteroatoms. The van der Waals surface area contributed by atoms with Gasteiger partial charge in [-0.1, -0.05) is 17.7 Å². The molecule has 1 heterocycles. The Morgan fingerprint density at radius 2 is 1.92 bits per heavy atom. The molecule has 1 aliphatic heterocycles. The fraction of sp³-hybridized carbons (Fsp3) is 0.529. The lowest BCUT2D eigenvalue weighted by Crippen LogP contribution is -2.49. The van der Waals surface area contributed by atoms with E-state index in [4.69, 9.17) is 16.3 Å². The second-order valence-electron chi connectivity index (χ2n) is 6.19. The molecule has 6 nitrogen and oxygen atoms in total. The van der Waals surface area contributed by atoms with Crippen molar-refractivity contribution >= 4 is 29.1 Å². The summed E-state index contributed by atoms with van der Waals surface area (Å²) in [7, 11) is 0. The molecule has 2 atom stereocenters. The smallest absolute Gasteiger partial charge is 0.243 e. The van der Waals surface area contributed by atoms with Crippen LogP contribution in [0, 0.1) is 6.92 Å². The quantitative estimate of drug-likeness (QED) is 0.847. The summed E-state index contributed by atoms with van der Waals surface area (Å²) in [5, 5.41) is 5.99. The number of hydrogen-bond donors (Lipinski definition) is 2. The maximum absolute atomic E-state index is 12.0. The number of carbonyl (C=O) groups excluding carboxylic acids is 2. The van der Waals surface area contributed by atoms with Crippen LogP contribution in [-0.4, -0.2) is 55.1 Å². The zero-order chi connectivity index (χ0) is 17.7. The van der Waals surface area contributed by atoms with Crippen LogP contribution >= 0.6 is 11.6 Å². The predicted molar refractivity (Wildman–Crippen MR) is 94.3 cm³/mol. The van der Waals surface area contributed by atoms with E-state index in [1.54, 1.807) is 18.2 Å². The van der Waals surface area contributed by atoms with E-state index in [-0.39, 0.29) is 37.1 Å². The second kappa shape index (κ2) is 8.46. The average molecular weight is 354 g/mol. The highest BCUT2D eigenvalue weighted by molar-refractivity contribution is 6.31. The second-order valence-corrected chi connectivity index (χ2v) is 6.60. The molecule has 0 radical (unpaired) electrons. The maximum Gasteiger partial charge on any atom is 0.243 e. The molecule has 1 fully saturated rings. The molecule has 0 spiro atoms. The highest BCUT2D eigenvalue weighted by Gasteiger charge is 2.23. The number of amides is 2. The SMILES string of the molecule is Cc1c(Cl)cccc1NC(=O)CNC(=O)CN1C[C@@H](C)O[C@@H](C)C1. The first-order valence-electron chi connectivity index (χ1n) is 8.04. The van der Waals surface area contributed by atoms with Gasteiger partial charge in [0, 0.05) is 23.8 Å². The minimum Gasteiger partial charge on any atom is -0.373 e. The van der Waals surface area contributed by atoms with Crippen molar-refractivity contribution in [1.29, 1.82) is 0 Å². The minimum atomic E-state index is -0.280. The molecule has 1 saturated heterocycles. The molecule has 2 N–H and O–H groups in total. The lowest BCUT2D eigenvalue weighted by molar-refractivity contribution is -0.128. The standard InChI is InChI=1S/C17H24ClN3O3/c1-11-8-21(9-12(2)24-11)10-17(23)19-7-16(22)20-15-6-4-5-14(18)13(15)3/h4-6,11-12H,7-10H2,1-3H3,(H,19,23)(H,20,22)/t11-,12+. The molecule has 1 aromatic carbocycles. The molecule has 0 bridgehead atoms. The van der Waals surface area contributed by atoms with Gasteiger partial charge in [0.25, 0.3) is 0 Å². The predicted octanol–water partition coefficient (Wildman–Crippen LogP) is 1.81. The lowest BCUT2D eigenvalue weighted by atomic mass is 10.2. The number of ether oxygens (including phenoxy) is 1. The minimum absolute atomic E-state index is 0.0692. The van der Waals surface area contributed by atoms with E-state index in [0.29, 0.717) is 23.8 Å². The van der Waals surface area contributed by atoms with Crippen LogP contribution in [0.4, 0.5) is 5.69 Å². The number of carbonyl (C=O) groups is 2. The lowest BCUT2D eigenvalue weighted by Gasteiger charge is -2.34. The molecule has 1 aromatic rings. The van der Waals surface area contributed by atoms with Crippen molar-refractivity contribution < 1.29 is 14.3 Å². The van der Waals surface area contributed by atoms with Crippen molar-refractivity contribution in [2.45, 2.75) is 33.0 Å². The molecule has 132 valence electrons. The summed E-state index contributed by atoms with van der Waals surface area (Å²) in [6, 6.07) is 5.31. The highest BCUT2D eigenvalue weighted by atomic mass is 35.5. The van der Waals surface area contributed by atoms with E-state index in [2.05, 4.69) is 10.6 Å². The van der Waals surface area contributed by atoms with Crippen LogP contribution in [0.2, 0.25) is 5.02 Å². The molecule has 1 aliphatic rings. The van der Waals surface area contributed by atoms with E-state index in [1.165, 1.54) is 0 Å². The van der Waals surface area contributed by atoms with Gasteiger partial charge in [-0.15, -0.1) is 0 Å². The van der Waals surface area contributed by atoms with Crippen molar-refractivity contribution in [2.24, 2.45) is 0 Å². The van der Waals surface area contributed by atoms with Crippen LogP contribution in [-0.2, 0) is 14.3 Å². The summed E-state index contributed by atoms with van der Waals surface area (Å²) in [6.07, 6.45) is 0.214. The van der Waals surface area contributed by atoms with E-state index in [1.807, 2.05) is 25.7 Å². The fourth-order valence-corrected chi connectivity index (χ4v) is 2.96. The third kappa shape index (κ3) is 5.47. The van der Waals surface area contributed by atoms with Gasteiger partial charge in [-0.05, 0) is 38.5 Å². The Bertz CT molecular complexity index is 599. The zero-order valence-electron chi connectivity index (χ0n) is 14.3. The first-order valence-corrected chi connectivity index (χ1v) is 8.42. The van der Waals surface area contributed by atoms with Crippen LogP contribution in [0.15, 0.2) is 18.2 Å². The number of hydrogen-bond acceptors (Lipinski definition) is 4. The van der Waals surface area contributed by atoms with Crippen LogP contribution in [0.5, 0.6) is 0 Å². The van der Waals surface area contributed by atoms with Crippen LogP contribution in [0.25, 0.3) is 0 Å². The van der Waals surface area contributed by atoms with Crippen molar-refractivity contribution in [2.75, 3.05) is 31.5 Å². The Morgan fingerprint density at radius 1 is 1.25 bits per heavy atom. The molecule has 2 rings (SSSR count). The number of anilines is 1. The van der Waals surface area contributed by atoms with Gasteiger partial charge < -0.3 is 15.4 Å². The van der Waals surface area contributed by atoms with Crippen LogP contribution in [0.1, 0.15) is 19.4 Å². The summed E-state index contributed by atoms with van der Waals surface area (Å²) in [5.41, 5.74) is 1.45. The van der Waals surface area contributed by atoms with Gasteiger partial charge in [0.1, 0.15) is 0 Å². The Hall–Kier alpha value is -1.63. The molecule has 2 amide bonds. The summed E-state index contributed by atoms with van der Waals surface area (Å²) >= 11 is 6.02. The first-order chi connectivity index (χ1) is 11.3.